The summed E-state index contributed by atoms with van der Waals surface area (Å²) in [6.07, 6.45) is 6.23. The summed E-state index contributed by atoms with van der Waals surface area (Å²) in [6.45, 7) is 3.65. The molecule has 1 aromatic carbocycles. The molecule has 0 bridgehead atoms. The van der Waals surface area contributed by atoms with E-state index in [-0.39, 0.29) is 11.3 Å². The normalized spacial score (nSPS) is 20.6. The second-order valence-electron chi connectivity index (χ2n) is 6.47. The van der Waals surface area contributed by atoms with Crippen LogP contribution in [0.5, 0.6) is 0 Å². The Morgan fingerprint density at radius 1 is 1.16 bits per heavy atom. The minimum absolute atomic E-state index is 0.109. The zero-order valence-electron chi connectivity index (χ0n) is 14.4. The molecule has 1 fully saturated rings. The van der Waals surface area contributed by atoms with E-state index in [9.17, 15) is 4.39 Å². The van der Waals surface area contributed by atoms with Crippen molar-refractivity contribution in [3.8, 4) is 11.3 Å². The maximum absolute atomic E-state index is 13.6. The lowest BCUT2D eigenvalue weighted by molar-refractivity contribution is -0.206. The third kappa shape index (κ3) is 4.78. The molecule has 134 valence electrons. The van der Waals surface area contributed by atoms with Gasteiger partial charge in [0.25, 0.3) is 0 Å². The van der Waals surface area contributed by atoms with Crippen LogP contribution in [0.4, 0.5) is 4.39 Å². The van der Waals surface area contributed by atoms with Gasteiger partial charge in [0.2, 0.25) is 0 Å². The van der Waals surface area contributed by atoms with E-state index in [0.29, 0.717) is 17.2 Å². The van der Waals surface area contributed by atoms with Gasteiger partial charge in [-0.3, -0.25) is 4.98 Å². The minimum atomic E-state index is -0.446. The summed E-state index contributed by atoms with van der Waals surface area (Å²) in [5.41, 5.74) is 2.26. The SMILES string of the molecule is CCCCCC1COC(c2ccc(-c3ccc(Cl)c(F)c3)nc2)OC1. The Hall–Kier alpha value is -1.49. The third-order valence-electron chi connectivity index (χ3n) is 4.46. The van der Waals surface area contributed by atoms with Crippen molar-refractivity contribution in [3.05, 3.63) is 52.9 Å². The number of benzene rings is 1. The van der Waals surface area contributed by atoms with Crippen molar-refractivity contribution in [1.82, 2.24) is 4.98 Å². The van der Waals surface area contributed by atoms with E-state index in [0.717, 1.165) is 25.2 Å². The molecule has 3 rings (SSSR count). The van der Waals surface area contributed by atoms with Crippen LogP contribution in [0.15, 0.2) is 36.5 Å². The Kier molecular flexibility index (Phi) is 6.40. The fourth-order valence-corrected chi connectivity index (χ4v) is 3.07. The highest BCUT2D eigenvalue weighted by molar-refractivity contribution is 6.30. The Bertz CT molecular complexity index is 685. The van der Waals surface area contributed by atoms with E-state index in [1.807, 2.05) is 12.1 Å². The molecule has 2 aromatic rings. The second kappa shape index (κ2) is 8.75. The number of nitrogens with zero attached hydrogens (tertiary/aromatic N) is 1. The molecule has 1 aliphatic rings. The zero-order valence-corrected chi connectivity index (χ0v) is 15.1. The fraction of sp³-hybridized carbons (Fsp3) is 0.450. The molecule has 5 heteroatoms. The van der Waals surface area contributed by atoms with Gasteiger partial charge in [-0.25, -0.2) is 4.39 Å². The molecule has 0 radical (unpaired) electrons. The first-order valence-corrected chi connectivity index (χ1v) is 9.19. The summed E-state index contributed by atoms with van der Waals surface area (Å²) in [6, 6.07) is 8.43. The van der Waals surface area contributed by atoms with Crippen molar-refractivity contribution in [3.63, 3.8) is 0 Å². The van der Waals surface area contributed by atoms with Crippen molar-refractivity contribution >= 4 is 11.6 Å². The number of hydrogen-bond donors (Lipinski definition) is 0. The summed E-state index contributed by atoms with van der Waals surface area (Å²) in [5.74, 6) is 0.0326. The van der Waals surface area contributed by atoms with Crippen LogP contribution < -0.4 is 0 Å². The molecular formula is C20H23ClFNO2. The van der Waals surface area contributed by atoms with Gasteiger partial charge in [0, 0.05) is 23.2 Å². The fourth-order valence-electron chi connectivity index (χ4n) is 2.96. The predicted octanol–water partition coefficient (Wildman–Crippen LogP) is 5.78. The lowest BCUT2D eigenvalue weighted by atomic mass is 10.0. The van der Waals surface area contributed by atoms with E-state index in [2.05, 4.69) is 11.9 Å². The first-order valence-electron chi connectivity index (χ1n) is 8.82. The molecule has 0 N–H and O–H groups in total. The second-order valence-corrected chi connectivity index (χ2v) is 6.87. The largest absolute Gasteiger partial charge is 0.348 e. The van der Waals surface area contributed by atoms with Gasteiger partial charge in [-0.2, -0.15) is 0 Å². The number of hydrogen-bond acceptors (Lipinski definition) is 3. The van der Waals surface area contributed by atoms with Crippen LogP contribution in [-0.2, 0) is 9.47 Å². The first-order chi connectivity index (χ1) is 12.2. The predicted molar refractivity (Wildman–Crippen MR) is 96.9 cm³/mol. The maximum Gasteiger partial charge on any atom is 0.185 e. The van der Waals surface area contributed by atoms with Gasteiger partial charge in [0.15, 0.2) is 6.29 Å². The third-order valence-corrected chi connectivity index (χ3v) is 4.76. The summed E-state index contributed by atoms with van der Waals surface area (Å²) >= 11 is 5.72. The number of ether oxygens (including phenoxy) is 2. The van der Waals surface area contributed by atoms with Gasteiger partial charge < -0.3 is 9.47 Å². The van der Waals surface area contributed by atoms with Gasteiger partial charge in [-0.05, 0) is 24.6 Å². The van der Waals surface area contributed by atoms with Gasteiger partial charge in [-0.15, -0.1) is 0 Å². The molecule has 0 unspecified atom stereocenters. The molecular weight excluding hydrogens is 341 g/mol. The number of rotatable bonds is 6. The lowest BCUT2D eigenvalue weighted by Gasteiger charge is -2.29. The molecule has 0 spiro atoms. The molecule has 3 nitrogen and oxygen atoms in total. The van der Waals surface area contributed by atoms with Crippen LogP contribution in [0, 0.1) is 11.7 Å². The zero-order chi connectivity index (χ0) is 17.6. The van der Waals surface area contributed by atoms with E-state index in [1.165, 1.54) is 31.4 Å². The van der Waals surface area contributed by atoms with Crippen LogP contribution >= 0.6 is 11.6 Å². The Balaban J connectivity index is 1.59. The highest BCUT2D eigenvalue weighted by atomic mass is 35.5. The number of aromatic nitrogens is 1. The van der Waals surface area contributed by atoms with Gasteiger partial charge in [-0.1, -0.05) is 49.9 Å². The lowest BCUT2D eigenvalue weighted by Crippen LogP contribution is -2.27. The average Bonchev–Trinajstić information content (AvgIpc) is 2.65. The average molecular weight is 364 g/mol. The van der Waals surface area contributed by atoms with Crippen molar-refractivity contribution in [1.29, 1.82) is 0 Å². The van der Waals surface area contributed by atoms with Crippen molar-refractivity contribution in [2.24, 2.45) is 5.92 Å². The molecule has 1 aliphatic heterocycles. The molecule has 0 amide bonds. The van der Waals surface area contributed by atoms with Crippen LogP contribution in [0.25, 0.3) is 11.3 Å². The highest BCUT2D eigenvalue weighted by Crippen LogP contribution is 2.28. The standard InChI is InChI=1S/C20H23ClFNO2/c1-2-3-4-5-14-12-24-20(25-13-14)16-7-9-19(23-11-16)15-6-8-17(21)18(22)10-15/h6-11,14,20H,2-5,12-13H2,1H3. The molecule has 0 atom stereocenters. The van der Waals surface area contributed by atoms with Gasteiger partial charge in [0.1, 0.15) is 5.82 Å². The number of halogens is 2. The molecule has 25 heavy (non-hydrogen) atoms. The summed E-state index contributed by atoms with van der Waals surface area (Å²) < 4.78 is 25.3. The molecule has 1 saturated heterocycles. The topological polar surface area (TPSA) is 31.4 Å². The molecule has 2 heterocycles. The van der Waals surface area contributed by atoms with E-state index < -0.39 is 5.82 Å². The minimum Gasteiger partial charge on any atom is -0.348 e. The maximum atomic E-state index is 13.6. The Morgan fingerprint density at radius 3 is 2.60 bits per heavy atom. The smallest absolute Gasteiger partial charge is 0.185 e. The van der Waals surface area contributed by atoms with Gasteiger partial charge in [0.05, 0.1) is 23.9 Å². The van der Waals surface area contributed by atoms with Crippen LogP contribution in [0.2, 0.25) is 5.02 Å². The number of pyridine rings is 1. The van der Waals surface area contributed by atoms with E-state index >= 15 is 0 Å². The van der Waals surface area contributed by atoms with Crippen LogP contribution in [0.1, 0.15) is 44.5 Å². The van der Waals surface area contributed by atoms with Crippen molar-refractivity contribution < 1.29 is 13.9 Å². The van der Waals surface area contributed by atoms with Crippen molar-refractivity contribution in [2.75, 3.05) is 13.2 Å². The van der Waals surface area contributed by atoms with Crippen molar-refractivity contribution in [2.45, 2.75) is 38.9 Å². The summed E-state index contributed by atoms with van der Waals surface area (Å²) in [7, 11) is 0. The summed E-state index contributed by atoms with van der Waals surface area (Å²) in [4.78, 5) is 4.40. The van der Waals surface area contributed by atoms with Gasteiger partial charge >= 0.3 is 0 Å². The van der Waals surface area contributed by atoms with Crippen LogP contribution in [-0.4, -0.2) is 18.2 Å². The highest BCUT2D eigenvalue weighted by Gasteiger charge is 2.23. The van der Waals surface area contributed by atoms with E-state index in [4.69, 9.17) is 21.1 Å². The number of unbranched alkanes of at least 4 members (excludes halogenated alkanes) is 2. The summed E-state index contributed by atoms with van der Waals surface area (Å²) in [5, 5.41) is 0.109. The Morgan fingerprint density at radius 2 is 1.96 bits per heavy atom. The van der Waals surface area contributed by atoms with E-state index in [1.54, 1.807) is 12.3 Å². The molecule has 1 aromatic heterocycles. The first kappa shape index (κ1) is 18.3. The monoisotopic (exact) mass is 363 g/mol. The van der Waals surface area contributed by atoms with Crippen LogP contribution in [0.3, 0.4) is 0 Å². The Labute approximate surface area is 153 Å². The molecule has 0 saturated carbocycles. The molecule has 0 aliphatic carbocycles. The quantitative estimate of drug-likeness (QED) is 0.609.